The zero-order valence-corrected chi connectivity index (χ0v) is 8.36. The largest absolute Gasteiger partial charge is 0.394 e. The molecule has 0 fully saturated rings. The fourth-order valence-corrected chi connectivity index (χ4v) is 0.618. The van der Waals surface area contributed by atoms with Crippen LogP contribution in [0.25, 0.3) is 0 Å². The summed E-state index contributed by atoms with van der Waals surface area (Å²) in [5.41, 5.74) is 0. The number of hydrogen-bond donors (Lipinski definition) is 5. The van der Waals surface area contributed by atoms with E-state index in [-0.39, 0.29) is 23.4 Å². The van der Waals surface area contributed by atoms with Gasteiger partial charge in [0.15, 0.2) is 6.29 Å². The first-order chi connectivity index (χ1) is 5.54. The Balaban J connectivity index is 0. The molecule has 0 amide bonds. The molecule has 0 aromatic rings. The van der Waals surface area contributed by atoms with Crippen LogP contribution < -0.4 is 0 Å². The second-order valence-corrected chi connectivity index (χ2v) is 2.36. The van der Waals surface area contributed by atoms with E-state index in [1.807, 2.05) is 0 Å². The van der Waals surface area contributed by atoms with Crippen LogP contribution >= 0.6 is 0 Å². The van der Waals surface area contributed by atoms with Gasteiger partial charge >= 0.3 is 0 Å². The van der Waals surface area contributed by atoms with Crippen LogP contribution in [0.4, 0.5) is 0 Å². The van der Waals surface area contributed by atoms with Crippen LogP contribution in [-0.2, 0) is 4.79 Å². The number of aliphatic hydroxyl groups is 5. The van der Waals surface area contributed by atoms with E-state index in [1.54, 1.807) is 0 Å². The van der Waals surface area contributed by atoms with Gasteiger partial charge in [-0.15, -0.1) is 0 Å². The Labute approximate surface area is 85.3 Å². The van der Waals surface area contributed by atoms with Crippen LogP contribution in [0, 0.1) is 0 Å². The molecule has 0 saturated heterocycles. The number of carbonyl (C=O) groups is 1. The predicted molar refractivity (Wildman–Crippen MR) is 42.9 cm³/mol. The van der Waals surface area contributed by atoms with Crippen molar-refractivity contribution in [1.29, 1.82) is 0 Å². The minimum absolute atomic E-state index is 0. The summed E-state index contributed by atoms with van der Waals surface area (Å²) in [6, 6.07) is 0. The van der Waals surface area contributed by atoms with Crippen molar-refractivity contribution in [2.24, 2.45) is 0 Å². The first-order valence-corrected chi connectivity index (χ1v) is 3.33. The number of carbonyl (C=O) groups excluding carboxylic acids is 1. The molecule has 0 aliphatic rings. The fourth-order valence-electron chi connectivity index (χ4n) is 0.618. The van der Waals surface area contributed by atoms with Crippen LogP contribution in [0.15, 0.2) is 0 Å². The molecule has 2 radical (unpaired) electrons. The monoisotopic (exact) mass is 260 g/mol. The average Bonchev–Trinajstić information content (AvgIpc) is 2.12. The Bertz CT molecular complexity index is 143. The summed E-state index contributed by atoms with van der Waals surface area (Å²) >= 11 is 0. The molecule has 0 aliphatic heterocycles. The maximum Gasteiger partial charge on any atom is 0.151 e. The molecule has 4 atom stereocenters. The number of aldehydes is 1. The summed E-state index contributed by atoms with van der Waals surface area (Å²) in [4.78, 5) is 9.90. The van der Waals surface area contributed by atoms with Gasteiger partial charge in [-0.05, 0) is 0 Å². The van der Waals surface area contributed by atoms with E-state index in [0.717, 1.165) is 0 Å². The van der Waals surface area contributed by atoms with Crippen LogP contribution in [0.3, 0.4) is 0 Å². The molecule has 78 valence electrons. The van der Waals surface area contributed by atoms with Crippen LogP contribution in [0.1, 0.15) is 0 Å². The molecule has 0 spiro atoms. The van der Waals surface area contributed by atoms with E-state index in [9.17, 15) is 4.79 Å². The number of hydrogen-bond acceptors (Lipinski definition) is 6. The summed E-state index contributed by atoms with van der Waals surface area (Å²) in [5.74, 6) is 0. The van der Waals surface area contributed by atoms with Crippen LogP contribution in [0.2, 0.25) is 0 Å². The van der Waals surface area contributed by atoms with Crippen molar-refractivity contribution < 1.29 is 30.3 Å². The van der Waals surface area contributed by atoms with Gasteiger partial charge in [0.2, 0.25) is 0 Å². The third kappa shape index (κ3) is 4.68. The first-order valence-electron chi connectivity index (χ1n) is 3.33. The van der Waals surface area contributed by atoms with Gasteiger partial charge in [-0.2, -0.15) is 0 Å². The zero-order valence-electron chi connectivity index (χ0n) is 6.65. The van der Waals surface area contributed by atoms with Crippen LogP contribution in [0.5, 0.6) is 0 Å². The maximum atomic E-state index is 9.90. The molecule has 7 heteroatoms. The fraction of sp³-hybridized carbons (Fsp3) is 0.833. The van der Waals surface area contributed by atoms with Crippen molar-refractivity contribution >= 4 is 23.4 Å². The van der Waals surface area contributed by atoms with Crippen molar-refractivity contribution in [3.63, 3.8) is 0 Å². The Morgan fingerprint density at radius 2 is 1.54 bits per heavy atom. The minimum Gasteiger partial charge on any atom is -0.394 e. The SMILES string of the molecule is O=C[C@H](O)[C@@H](O)[C@H](O)[C@H](O)CO.[Se]. The Kier molecular flexibility index (Phi) is 8.80. The normalized spacial score (nSPS) is 19.5. The Morgan fingerprint density at radius 3 is 1.85 bits per heavy atom. The zero-order chi connectivity index (χ0) is 9.72. The van der Waals surface area contributed by atoms with Crippen molar-refractivity contribution in [2.45, 2.75) is 24.4 Å². The van der Waals surface area contributed by atoms with Crippen molar-refractivity contribution in [2.75, 3.05) is 6.61 Å². The molecule has 0 rings (SSSR count). The summed E-state index contributed by atoms with van der Waals surface area (Å²) in [5, 5.41) is 43.5. The summed E-state index contributed by atoms with van der Waals surface area (Å²) in [6.07, 6.45) is -6.84. The van der Waals surface area contributed by atoms with E-state index in [4.69, 9.17) is 25.5 Å². The van der Waals surface area contributed by atoms with Crippen molar-refractivity contribution in [3.05, 3.63) is 0 Å². The molecule has 0 aliphatic carbocycles. The first kappa shape index (κ1) is 15.5. The molecule has 0 aromatic heterocycles. The molecule has 0 bridgehead atoms. The number of rotatable bonds is 5. The smallest absolute Gasteiger partial charge is 0.151 e. The number of aliphatic hydroxyl groups excluding tert-OH is 5. The molecular formula is C6H12O6Se. The summed E-state index contributed by atoms with van der Waals surface area (Å²) < 4.78 is 0. The predicted octanol–water partition coefficient (Wildman–Crippen LogP) is -3.76. The average molecular weight is 259 g/mol. The Hall–Kier alpha value is -0.0105. The van der Waals surface area contributed by atoms with Gasteiger partial charge in [-0.25, -0.2) is 0 Å². The summed E-state index contributed by atoms with van der Waals surface area (Å²) in [7, 11) is 0. The summed E-state index contributed by atoms with van der Waals surface area (Å²) in [6.45, 7) is -0.760. The standard InChI is InChI=1S/C6H12O6.Se/c7-1-3(9)5(11)6(12)4(10)2-8;/h1,3-6,8-12H,2H2;/t3-,4+,5+,6+;/m0./s1. The Morgan fingerprint density at radius 1 is 1.08 bits per heavy atom. The van der Waals surface area contributed by atoms with Crippen molar-refractivity contribution in [3.8, 4) is 0 Å². The second kappa shape index (κ2) is 7.40. The minimum atomic E-state index is -1.79. The van der Waals surface area contributed by atoms with Gasteiger partial charge in [-0.3, -0.25) is 0 Å². The van der Waals surface area contributed by atoms with E-state index in [2.05, 4.69) is 0 Å². The third-order valence-electron chi connectivity index (χ3n) is 1.42. The molecule has 13 heavy (non-hydrogen) atoms. The van der Waals surface area contributed by atoms with Gasteiger partial charge in [0.05, 0.1) is 6.61 Å². The van der Waals surface area contributed by atoms with Gasteiger partial charge < -0.3 is 30.3 Å². The third-order valence-corrected chi connectivity index (χ3v) is 1.42. The molecule has 0 aromatic carbocycles. The molecule has 0 heterocycles. The molecule has 0 saturated carbocycles. The van der Waals surface area contributed by atoms with Crippen molar-refractivity contribution in [1.82, 2.24) is 0 Å². The molecular weight excluding hydrogens is 247 g/mol. The topological polar surface area (TPSA) is 118 Å². The van der Waals surface area contributed by atoms with E-state index in [1.165, 1.54) is 0 Å². The van der Waals surface area contributed by atoms with Gasteiger partial charge in [0, 0.05) is 17.1 Å². The molecule has 0 unspecified atom stereocenters. The molecule has 6 nitrogen and oxygen atoms in total. The van der Waals surface area contributed by atoms with E-state index in [0.29, 0.717) is 0 Å². The van der Waals surface area contributed by atoms with Crippen LogP contribution in [-0.4, -0.2) is 79.9 Å². The van der Waals surface area contributed by atoms with Gasteiger partial charge in [0.1, 0.15) is 24.4 Å². The molecule has 5 N–H and O–H groups in total. The second-order valence-electron chi connectivity index (χ2n) is 2.36. The van der Waals surface area contributed by atoms with Gasteiger partial charge in [0.25, 0.3) is 0 Å². The maximum absolute atomic E-state index is 9.90. The van der Waals surface area contributed by atoms with E-state index >= 15 is 0 Å². The van der Waals surface area contributed by atoms with E-state index < -0.39 is 31.0 Å². The van der Waals surface area contributed by atoms with Gasteiger partial charge in [-0.1, -0.05) is 0 Å². The quantitative estimate of drug-likeness (QED) is 0.255.